The molecule has 0 aliphatic rings. The number of hydrogen-bond donors (Lipinski definition) is 1. The Morgan fingerprint density at radius 1 is 1.25 bits per heavy atom. The van der Waals surface area contributed by atoms with E-state index in [-0.39, 0.29) is 11.9 Å². The molecule has 1 atom stereocenters. The zero-order valence-electron chi connectivity index (χ0n) is 11.4. The number of halogens is 3. The maximum absolute atomic E-state index is 13.4. The highest BCUT2D eigenvalue weighted by Crippen LogP contribution is 2.27. The molecule has 0 aliphatic carbocycles. The van der Waals surface area contributed by atoms with E-state index >= 15 is 0 Å². The van der Waals surface area contributed by atoms with E-state index in [0.717, 1.165) is 10.0 Å². The van der Waals surface area contributed by atoms with Crippen molar-refractivity contribution < 1.29 is 4.39 Å². The van der Waals surface area contributed by atoms with Crippen LogP contribution in [-0.4, -0.2) is 7.05 Å². The molecular weight excluding hydrogens is 341 g/mol. The third-order valence-corrected chi connectivity index (χ3v) is 4.25. The van der Waals surface area contributed by atoms with Crippen LogP contribution in [-0.2, 0) is 6.42 Å². The lowest BCUT2D eigenvalue weighted by molar-refractivity contribution is 0.581. The molecule has 0 saturated carbocycles. The molecular formula is C16H16BrClFN. The van der Waals surface area contributed by atoms with Gasteiger partial charge in [0.1, 0.15) is 5.82 Å². The second-order valence-corrected chi connectivity index (χ2v) is 6.10. The Morgan fingerprint density at radius 3 is 2.65 bits per heavy atom. The number of benzene rings is 2. The molecule has 0 heterocycles. The van der Waals surface area contributed by atoms with E-state index in [1.165, 1.54) is 23.3 Å². The van der Waals surface area contributed by atoms with Crippen molar-refractivity contribution in [1.29, 1.82) is 0 Å². The Morgan fingerprint density at radius 2 is 2.00 bits per heavy atom. The molecule has 0 radical (unpaired) electrons. The topological polar surface area (TPSA) is 12.0 Å². The molecule has 0 saturated heterocycles. The summed E-state index contributed by atoms with van der Waals surface area (Å²) in [6, 6.07) is 10.8. The molecule has 2 rings (SSSR count). The molecule has 0 amide bonds. The third-order valence-electron chi connectivity index (χ3n) is 3.39. The van der Waals surface area contributed by atoms with Gasteiger partial charge in [-0.25, -0.2) is 4.39 Å². The van der Waals surface area contributed by atoms with Gasteiger partial charge in [-0.1, -0.05) is 33.6 Å². The summed E-state index contributed by atoms with van der Waals surface area (Å²) in [7, 11) is 1.90. The lowest BCUT2D eigenvalue weighted by atomic mass is 9.95. The SMILES string of the molecule is CNC(Cc1cc(F)ccc1Cl)c1ccc(Br)cc1C. The minimum atomic E-state index is -0.258. The Kier molecular flexibility index (Phi) is 5.19. The average Bonchev–Trinajstić information content (AvgIpc) is 2.40. The predicted molar refractivity (Wildman–Crippen MR) is 85.8 cm³/mol. The second kappa shape index (κ2) is 6.70. The van der Waals surface area contributed by atoms with Crippen molar-refractivity contribution in [2.75, 3.05) is 7.05 Å². The molecule has 0 fully saturated rings. The van der Waals surface area contributed by atoms with Gasteiger partial charge in [-0.05, 0) is 67.4 Å². The van der Waals surface area contributed by atoms with E-state index in [2.05, 4.69) is 40.3 Å². The zero-order valence-corrected chi connectivity index (χ0v) is 13.7. The van der Waals surface area contributed by atoms with Crippen molar-refractivity contribution in [2.24, 2.45) is 0 Å². The molecule has 1 N–H and O–H groups in total. The van der Waals surface area contributed by atoms with Crippen LogP contribution >= 0.6 is 27.5 Å². The smallest absolute Gasteiger partial charge is 0.123 e. The lowest BCUT2D eigenvalue weighted by Gasteiger charge is -2.20. The highest BCUT2D eigenvalue weighted by molar-refractivity contribution is 9.10. The number of rotatable bonds is 4. The minimum Gasteiger partial charge on any atom is -0.313 e. The number of nitrogens with one attached hydrogen (secondary N) is 1. The number of aryl methyl sites for hydroxylation is 1. The van der Waals surface area contributed by atoms with Crippen molar-refractivity contribution in [3.63, 3.8) is 0 Å². The van der Waals surface area contributed by atoms with Crippen molar-refractivity contribution in [3.05, 3.63) is 68.4 Å². The van der Waals surface area contributed by atoms with Crippen molar-refractivity contribution in [2.45, 2.75) is 19.4 Å². The highest BCUT2D eigenvalue weighted by atomic mass is 79.9. The van der Waals surface area contributed by atoms with E-state index in [0.29, 0.717) is 11.4 Å². The quantitative estimate of drug-likeness (QED) is 0.808. The molecule has 0 bridgehead atoms. The largest absolute Gasteiger partial charge is 0.313 e. The van der Waals surface area contributed by atoms with Crippen LogP contribution in [0.25, 0.3) is 0 Å². The van der Waals surface area contributed by atoms with Crippen molar-refractivity contribution in [3.8, 4) is 0 Å². The van der Waals surface area contributed by atoms with E-state index < -0.39 is 0 Å². The van der Waals surface area contributed by atoms with Crippen LogP contribution in [0, 0.1) is 12.7 Å². The van der Waals surface area contributed by atoms with Crippen LogP contribution in [0.3, 0.4) is 0 Å². The van der Waals surface area contributed by atoms with Crippen LogP contribution in [0.5, 0.6) is 0 Å². The van der Waals surface area contributed by atoms with E-state index in [4.69, 9.17) is 11.6 Å². The first-order valence-corrected chi connectivity index (χ1v) is 7.55. The maximum Gasteiger partial charge on any atom is 0.123 e. The molecule has 20 heavy (non-hydrogen) atoms. The monoisotopic (exact) mass is 355 g/mol. The lowest BCUT2D eigenvalue weighted by Crippen LogP contribution is -2.20. The second-order valence-electron chi connectivity index (χ2n) is 4.78. The molecule has 1 unspecified atom stereocenters. The first-order chi connectivity index (χ1) is 9.51. The van der Waals surface area contributed by atoms with Gasteiger partial charge in [-0.2, -0.15) is 0 Å². The fourth-order valence-corrected chi connectivity index (χ4v) is 2.99. The third kappa shape index (κ3) is 3.60. The van der Waals surface area contributed by atoms with Crippen LogP contribution in [0.4, 0.5) is 4.39 Å². The van der Waals surface area contributed by atoms with Crippen molar-refractivity contribution in [1.82, 2.24) is 5.32 Å². The summed E-state index contributed by atoms with van der Waals surface area (Å²) in [6.45, 7) is 2.07. The van der Waals surface area contributed by atoms with Crippen LogP contribution in [0.2, 0.25) is 5.02 Å². The molecule has 0 aliphatic heterocycles. The Balaban J connectivity index is 2.31. The molecule has 2 aromatic rings. The van der Waals surface area contributed by atoms with E-state index in [1.807, 2.05) is 13.1 Å². The summed E-state index contributed by atoms with van der Waals surface area (Å²) in [5, 5.41) is 3.88. The van der Waals surface area contributed by atoms with Crippen molar-refractivity contribution >= 4 is 27.5 Å². The summed E-state index contributed by atoms with van der Waals surface area (Å²) in [5.41, 5.74) is 3.19. The Hall–Kier alpha value is -0.900. The number of hydrogen-bond acceptors (Lipinski definition) is 1. The summed E-state index contributed by atoms with van der Waals surface area (Å²) < 4.78 is 14.4. The molecule has 0 aromatic heterocycles. The summed E-state index contributed by atoms with van der Waals surface area (Å²) in [6.07, 6.45) is 0.648. The van der Waals surface area contributed by atoms with Gasteiger partial charge >= 0.3 is 0 Å². The van der Waals surface area contributed by atoms with Gasteiger partial charge < -0.3 is 5.32 Å². The van der Waals surface area contributed by atoms with E-state index in [1.54, 1.807) is 6.07 Å². The van der Waals surface area contributed by atoms with Gasteiger partial charge in [0, 0.05) is 15.5 Å². The zero-order chi connectivity index (χ0) is 14.7. The summed E-state index contributed by atoms with van der Waals surface area (Å²) in [5.74, 6) is -0.258. The van der Waals surface area contributed by atoms with Gasteiger partial charge in [0.25, 0.3) is 0 Å². The van der Waals surface area contributed by atoms with Gasteiger partial charge in [0.2, 0.25) is 0 Å². The van der Waals surface area contributed by atoms with Crippen LogP contribution in [0.1, 0.15) is 22.7 Å². The minimum absolute atomic E-state index is 0.0994. The van der Waals surface area contributed by atoms with E-state index in [9.17, 15) is 4.39 Å². The first kappa shape index (κ1) is 15.5. The molecule has 0 spiro atoms. The fourth-order valence-electron chi connectivity index (χ4n) is 2.32. The average molecular weight is 357 g/mol. The Labute approximate surface area is 132 Å². The molecule has 4 heteroatoms. The summed E-state index contributed by atoms with van der Waals surface area (Å²) in [4.78, 5) is 0. The molecule has 2 aromatic carbocycles. The fraction of sp³-hybridized carbons (Fsp3) is 0.250. The number of likely N-dealkylation sites (N-methyl/N-ethyl adjacent to an activating group) is 1. The van der Waals surface area contributed by atoms with Gasteiger partial charge in [0.15, 0.2) is 0 Å². The van der Waals surface area contributed by atoms with Gasteiger partial charge in [0.05, 0.1) is 0 Å². The standard InChI is InChI=1S/C16H16BrClFN/c1-10-7-12(17)3-5-14(10)16(20-2)9-11-8-13(19)4-6-15(11)18/h3-8,16,20H,9H2,1-2H3. The Bertz CT molecular complexity index is 615. The molecule has 106 valence electrons. The normalized spacial score (nSPS) is 12.4. The van der Waals surface area contributed by atoms with Gasteiger partial charge in [-0.15, -0.1) is 0 Å². The summed E-state index contributed by atoms with van der Waals surface area (Å²) >= 11 is 9.61. The highest BCUT2D eigenvalue weighted by Gasteiger charge is 2.15. The van der Waals surface area contributed by atoms with Crippen LogP contribution in [0.15, 0.2) is 40.9 Å². The predicted octanol–water partition coefficient (Wildman–Crippen LogP) is 5.05. The van der Waals surface area contributed by atoms with Gasteiger partial charge in [-0.3, -0.25) is 0 Å². The van der Waals surface area contributed by atoms with Crippen LogP contribution < -0.4 is 5.32 Å². The maximum atomic E-state index is 13.4. The first-order valence-electron chi connectivity index (χ1n) is 6.38. The molecule has 1 nitrogen and oxygen atoms in total.